The van der Waals surface area contributed by atoms with Gasteiger partial charge in [0.05, 0.1) is 20.3 Å². The quantitative estimate of drug-likeness (QED) is 0.770. The monoisotopic (exact) mass is 332 g/mol. The third-order valence-electron chi connectivity index (χ3n) is 4.23. The summed E-state index contributed by atoms with van der Waals surface area (Å²) in [5.74, 6) is -1.39. The van der Waals surface area contributed by atoms with Gasteiger partial charge in [-0.2, -0.15) is 4.31 Å². The highest BCUT2D eigenvalue weighted by Crippen LogP contribution is 2.42. The summed E-state index contributed by atoms with van der Waals surface area (Å²) in [5.41, 5.74) is -1.15. The molecule has 3 rings (SSSR count). The third-order valence-corrected chi connectivity index (χ3v) is 5.95. The Kier molecular flexibility index (Phi) is 3.62. The number of carbonyl (C=O) groups is 1. The van der Waals surface area contributed by atoms with Crippen LogP contribution < -0.4 is 4.74 Å². The van der Waals surface area contributed by atoms with E-state index >= 15 is 0 Å². The van der Waals surface area contributed by atoms with Crippen LogP contribution in [0.15, 0.2) is 10.6 Å². The highest BCUT2D eigenvalue weighted by Gasteiger charge is 2.58. The van der Waals surface area contributed by atoms with Gasteiger partial charge in [-0.1, -0.05) is 0 Å². The lowest BCUT2D eigenvalue weighted by molar-refractivity contribution is -0.149. The standard InChI is InChI=1S/C12H16N2O7S/c1-19-10-2-9(21-13-10)5-22(17,18)14-3-8-4-20-7-12(8,6-14)11(15)16/h2,8H,3-7H2,1H3,(H,15,16)/t8-,12-/m1/s1. The number of fused-ring (bicyclic) bond motifs is 1. The Hall–Kier alpha value is -1.65. The van der Waals surface area contributed by atoms with E-state index in [4.69, 9.17) is 14.0 Å². The molecule has 2 aliphatic rings. The summed E-state index contributed by atoms with van der Waals surface area (Å²) >= 11 is 0. The van der Waals surface area contributed by atoms with Crippen molar-refractivity contribution in [1.82, 2.24) is 9.46 Å². The fraction of sp³-hybridized carbons (Fsp3) is 0.667. The van der Waals surface area contributed by atoms with E-state index in [1.807, 2.05) is 0 Å². The molecule has 0 saturated carbocycles. The van der Waals surface area contributed by atoms with Gasteiger partial charge < -0.3 is 19.1 Å². The van der Waals surface area contributed by atoms with Gasteiger partial charge >= 0.3 is 5.97 Å². The first-order valence-corrected chi connectivity index (χ1v) is 8.27. The lowest BCUT2D eigenvalue weighted by Gasteiger charge is -2.21. The topological polar surface area (TPSA) is 119 Å². The molecule has 0 amide bonds. The zero-order valence-corrected chi connectivity index (χ0v) is 12.7. The second-order valence-corrected chi connectivity index (χ2v) is 7.53. The van der Waals surface area contributed by atoms with Crippen LogP contribution in [0.3, 0.4) is 0 Å². The van der Waals surface area contributed by atoms with Gasteiger partial charge in [0.1, 0.15) is 11.2 Å². The molecule has 1 N–H and O–H groups in total. The van der Waals surface area contributed by atoms with Gasteiger partial charge in [0, 0.05) is 25.1 Å². The zero-order valence-electron chi connectivity index (χ0n) is 11.9. The smallest absolute Gasteiger partial charge is 0.313 e. The Balaban J connectivity index is 1.78. The number of hydrogen-bond donors (Lipinski definition) is 1. The van der Waals surface area contributed by atoms with Crippen molar-refractivity contribution in [2.24, 2.45) is 11.3 Å². The van der Waals surface area contributed by atoms with Gasteiger partial charge in [-0.15, -0.1) is 0 Å². The van der Waals surface area contributed by atoms with Crippen molar-refractivity contribution in [1.29, 1.82) is 0 Å². The lowest BCUT2D eigenvalue weighted by atomic mass is 9.81. The molecule has 2 atom stereocenters. The van der Waals surface area contributed by atoms with Crippen LogP contribution in [0.2, 0.25) is 0 Å². The molecule has 0 bridgehead atoms. The van der Waals surface area contributed by atoms with Crippen LogP contribution >= 0.6 is 0 Å². The number of aromatic nitrogens is 1. The van der Waals surface area contributed by atoms with Gasteiger partial charge in [-0.3, -0.25) is 4.79 Å². The van der Waals surface area contributed by atoms with E-state index in [2.05, 4.69) is 5.16 Å². The summed E-state index contributed by atoms with van der Waals surface area (Å²) in [5, 5.41) is 13.0. The Bertz CT molecular complexity index is 685. The fourth-order valence-corrected chi connectivity index (χ4v) is 4.45. The first-order chi connectivity index (χ1) is 10.4. The van der Waals surface area contributed by atoms with Crippen molar-refractivity contribution >= 4 is 16.0 Å². The fourth-order valence-electron chi connectivity index (χ4n) is 2.93. The molecule has 22 heavy (non-hydrogen) atoms. The largest absolute Gasteiger partial charge is 0.481 e. The molecule has 2 aliphatic heterocycles. The summed E-state index contributed by atoms with van der Waals surface area (Å²) in [6.07, 6.45) is 0. The summed E-state index contributed by atoms with van der Waals surface area (Å²) in [6.45, 7) is 0.351. The molecule has 0 unspecified atom stereocenters. The summed E-state index contributed by atoms with van der Waals surface area (Å²) < 4.78 is 41.1. The van der Waals surface area contributed by atoms with Gasteiger partial charge in [0.15, 0.2) is 5.76 Å². The maximum atomic E-state index is 12.5. The minimum Gasteiger partial charge on any atom is -0.481 e. The number of ether oxygens (including phenoxy) is 2. The number of nitrogens with zero attached hydrogens (tertiary/aromatic N) is 2. The average Bonchev–Trinajstić information content (AvgIpc) is 3.10. The third kappa shape index (κ3) is 2.36. The zero-order chi connectivity index (χ0) is 16.0. The molecule has 10 heteroatoms. The van der Waals surface area contributed by atoms with E-state index in [0.717, 1.165) is 0 Å². The Morgan fingerprint density at radius 1 is 1.64 bits per heavy atom. The van der Waals surface area contributed by atoms with E-state index in [1.165, 1.54) is 17.5 Å². The van der Waals surface area contributed by atoms with E-state index in [1.54, 1.807) is 0 Å². The van der Waals surface area contributed by atoms with Crippen LogP contribution in [0.4, 0.5) is 0 Å². The molecular weight excluding hydrogens is 316 g/mol. The number of sulfonamides is 1. The Labute approximate surface area is 126 Å². The molecule has 1 aromatic rings. The minimum absolute atomic E-state index is 0.0369. The number of carboxylic acid groups (broad SMARTS) is 1. The molecule has 1 aromatic heterocycles. The number of hydrogen-bond acceptors (Lipinski definition) is 7. The van der Waals surface area contributed by atoms with E-state index in [0.29, 0.717) is 0 Å². The lowest BCUT2D eigenvalue weighted by Crippen LogP contribution is -2.40. The second kappa shape index (κ2) is 5.21. The van der Waals surface area contributed by atoms with E-state index in [9.17, 15) is 18.3 Å². The first-order valence-electron chi connectivity index (χ1n) is 6.66. The predicted octanol–water partition coefficient (Wildman–Crippen LogP) is -0.454. The number of aliphatic carboxylic acids is 1. The van der Waals surface area contributed by atoms with Crippen molar-refractivity contribution in [3.05, 3.63) is 11.8 Å². The molecule has 122 valence electrons. The summed E-state index contributed by atoms with van der Waals surface area (Å²) in [7, 11) is -2.30. The highest BCUT2D eigenvalue weighted by atomic mass is 32.2. The van der Waals surface area contributed by atoms with Crippen molar-refractivity contribution < 1.29 is 32.3 Å². The predicted molar refractivity (Wildman–Crippen MR) is 71.6 cm³/mol. The number of rotatable bonds is 5. The van der Waals surface area contributed by atoms with Crippen LogP contribution in [0.25, 0.3) is 0 Å². The van der Waals surface area contributed by atoms with Crippen molar-refractivity contribution in [2.45, 2.75) is 5.75 Å². The van der Waals surface area contributed by atoms with Crippen molar-refractivity contribution in [3.8, 4) is 5.88 Å². The molecule has 0 radical (unpaired) electrons. The normalized spacial score (nSPS) is 28.7. The molecular formula is C12H16N2O7S. The van der Waals surface area contributed by atoms with Crippen molar-refractivity contribution in [2.75, 3.05) is 33.4 Å². The molecule has 3 heterocycles. The maximum Gasteiger partial charge on any atom is 0.313 e. The number of methoxy groups -OCH3 is 1. The molecule has 0 aromatic carbocycles. The SMILES string of the molecule is COc1cc(CS(=O)(=O)N2C[C@@H]3COC[C@]3(C(=O)O)C2)on1. The van der Waals surface area contributed by atoms with Gasteiger partial charge in [0.2, 0.25) is 10.0 Å². The van der Waals surface area contributed by atoms with Crippen molar-refractivity contribution in [3.63, 3.8) is 0 Å². The van der Waals surface area contributed by atoms with E-state index < -0.39 is 21.4 Å². The molecule has 0 aliphatic carbocycles. The van der Waals surface area contributed by atoms with Gasteiger partial charge in [-0.25, -0.2) is 8.42 Å². The molecule has 2 saturated heterocycles. The summed E-state index contributed by atoms with van der Waals surface area (Å²) in [6, 6.07) is 1.39. The highest BCUT2D eigenvalue weighted by molar-refractivity contribution is 7.88. The minimum atomic E-state index is -3.70. The van der Waals surface area contributed by atoms with Crippen LogP contribution in [-0.4, -0.2) is 62.4 Å². The number of carboxylic acids is 1. The van der Waals surface area contributed by atoms with Gasteiger partial charge in [0.25, 0.3) is 5.88 Å². The van der Waals surface area contributed by atoms with Gasteiger partial charge in [-0.05, 0) is 5.16 Å². The van der Waals surface area contributed by atoms with Crippen LogP contribution in [0.1, 0.15) is 5.76 Å². The Morgan fingerprint density at radius 3 is 3.00 bits per heavy atom. The Morgan fingerprint density at radius 2 is 2.41 bits per heavy atom. The second-order valence-electron chi connectivity index (χ2n) is 5.56. The summed E-state index contributed by atoms with van der Waals surface area (Å²) in [4.78, 5) is 11.5. The van der Waals surface area contributed by atoms with Crippen LogP contribution in [0.5, 0.6) is 5.88 Å². The van der Waals surface area contributed by atoms with Crippen LogP contribution in [-0.2, 0) is 25.3 Å². The maximum absolute atomic E-state index is 12.5. The molecule has 9 nitrogen and oxygen atoms in total. The van der Waals surface area contributed by atoms with Crippen LogP contribution in [0, 0.1) is 11.3 Å². The van der Waals surface area contributed by atoms with E-state index in [-0.39, 0.29) is 49.6 Å². The molecule has 0 spiro atoms. The average molecular weight is 332 g/mol. The first kappa shape index (κ1) is 15.3. The molecule has 2 fully saturated rings.